The van der Waals surface area contributed by atoms with Gasteiger partial charge in [0.2, 0.25) is 5.76 Å². The molecule has 0 saturated heterocycles. The van der Waals surface area contributed by atoms with E-state index >= 15 is 0 Å². The second-order valence-corrected chi connectivity index (χ2v) is 4.55. The zero-order valence-corrected chi connectivity index (χ0v) is 11.5. The fraction of sp³-hybridized carbons (Fsp3) is 0.286. The lowest BCUT2D eigenvalue weighted by Gasteiger charge is -2.07. The molecule has 0 bridgehead atoms. The van der Waals surface area contributed by atoms with E-state index in [1.807, 2.05) is 31.2 Å². The fourth-order valence-corrected chi connectivity index (χ4v) is 1.84. The number of rotatable bonds is 4. The molecule has 0 radical (unpaired) electrons. The van der Waals surface area contributed by atoms with E-state index in [9.17, 15) is 4.79 Å². The summed E-state index contributed by atoms with van der Waals surface area (Å²) in [6.07, 6.45) is 0. The van der Waals surface area contributed by atoms with Gasteiger partial charge in [0.25, 0.3) is 0 Å². The van der Waals surface area contributed by atoms with Gasteiger partial charge in [0.05, 0.1) is 12.3 Å². The first kappa shape index (κ1) is 13.6. The largest absolute Gasteiger partial charge is 0.460 e. The van der Waals surface area contributed by atoms with Gasteiger partial charge in [-0.25, -0.2) is 4.79 Å². The number of benzene rings is 1. The van der Waals surface area contributed by atoms with Crippen molar-refractivity contribution in [2.24, 2.45) is 0 Å². The summed E-state index contributed by atoms with van der Waals surface area (Å²) in [5.41, 5.74) is 1.73. The monoisotopic (exact) mass is 279 g/mol. The highest BCUT2D eigenvalue weighted by molar-refractivity contribution is 6.30. The van der Waals surface area contributed by atoms with Gasteiger partial charge >= 0.3 is 5.97 Å². The minimum absolute atomic E-state index is 0.0178. The van der Waals surface area contributed by atoms with Gasteiger partial charge in [-0.05, 0) is 24.6 Å². The molecule has 0 spiro atoms. The van der Waals surface area contributed by atoms with Gasteiger partial charge in [-0.1, -0.05) is 35.8 Å². The summed E-state index contributed by atoms with van der Waals surface area (Å²) >= 11 is 5.85. The number of aromatic nitrogens is 1. The topological polar surface area (TPSA) is 52.3 Å². The van der Waals surface area contributed by atoms with Crippen molar-refractivity contribution in [3.05, 3.63) is 52.4 Å². The number of hydrogen-bond acceptors (Lipinski definition) is 4. The highest BCUT2D eigenvalue weighted by Crippen LogP contribution is 2.25. The molecule has 0 aliphatic rings. The van der Waals surface area contributed by atoms with E-state index in [4.69, 9.17) is 20.9 Å². The summed E-state index contributed by atoms with van der Waals surface area (Å²) in [4.78, 5) is 11.5. The molecular formula is C14H14ClNO3. The maximum atomic E-state index is 11.5. The van der Waals surface area contributed by atoms with Crippen LogP contribution >= 0.6 is 11.6 Å². The van der Waals surface area contributed by atoms with E-state index in [-0.39, 0.29) is 11.7 Å². The maximum Gasteiger partial charge on any atom is 0.377 e. The van der Waals surface area contributed by atoms with Gasteiger partial charge in [0, 0.05) is 17.0 Å². The minimum atomic E-state index is -0.496. The van der Waals surface area contributed by atoms with Crippen LogP contribution in [0.25, 0.3) is 0 Å². The van der Waals surface area contributed by atoms with Gasteiger partial charge in [0.15, 0.2) is 0 Å². The highest BCUT2D eigenvalue weighted by atomic mass is 35.5. The van der Waals surface area contributed by atoms with Crippen molar-refractivity contribution in [1.29, 1.82) is 0 Å². The van der Waals surface area contributed by atoms with Crippen molar-refractivity contribution < 1.29 is 14.1 Å². The molecule has 0 amide bonds. The van der Waals surface area contributed by atoms with E-state index in [0.717, 1.165) is 5.56 Å². The average molecular weight is 280 g/mol. The predicted molar refractivity (Wildman–Crippen MR) is 71.4 cm³/mol. The summed E-state index contributed by atoms with van der Waals surface area (Å²) in [6, 6.07) is 9.09. The van der Waals surface area contributed by atoms with Crippen LogP contribution in [-0.4, -0.2) is 17.7 Å². The predicted octanol–water partition coefficient (Wildman–Crippen LogP) is 3.66. The van der Waals surface area contributed by atoms with E-state index in [2.05, 4.69) is 5.16 Å². The maximum absolute atomic E-state index is 11.5. The molecular weight excluding hydrogens is 266 g/mol. The molecule has 0 N–H and O–H groups in total. The third kappa shape index (κ3) is 3.15. The molecule has 4 nitrogen and oxygen atoms in total. The number of hydrogen-bond donors (Lipinski definition) is 0. The second-order valence-electron chi connectivity index (χ2n) is 4.11. The summed E-state index contributed by atoms with van der Waals surface area (Å²) in [5, 5.41) is 4.59. The highest BCUT2D eigenvalue weighted by Gasteiger charge is 2.18. The van der Waals surface area contributed by atoms with Crippen molar-refractivity contribution >= 4 is 17.6 Å². The van der Waals surface area contributed by atoms with Gasteiger partial charge in [0.1, 0.15) is 0 Å². The van der Waals surface area contributed by atoms with Crippen molar-refractivity contribution in [2.75, 3.05) is 6.61 Å². The van der Waals surface area contributed by atoms with Crippen LogP contribution in [-0.2, 0) is 4.74 Å². The summed E-state index contributed by atoms with van der Waals surface area (Å²) < 4.78 is 9.85. The van der Waals surface area contributed by atoms with Crippen LogP contribution in [0.15, 0.2) is 34.9 Å². The second kappa shape index (κ2) is 5.89. The van der Waals surface area contributed by atoms with Crippen LogP contribution in [0.2, 0.25) is 5.02 Å². The zero-order valence-electron chi connectivity index (χ0n) is 10.7. The normalized spacial score (nSPS) is 12.2. The molecule has 0 saturated carbocycles. The SMILES string of the molecule is CCOC(=O)c1cc([C@@H](C)c2ccc(Cl)cc2)no1. The number of carbonyl (C=O) groups excluding carboxylic acids is 1. The van der Waals surface area contributed by atoms with Gasteiger partial charge < -0.3 is 9.26 Å². The number of carbonyl (C=O) groups is 1. The van der Waals surface area contributed by atoms with Crippen LogP contribution in [0.1, 0.15) is 41.6 Å². The smallest absolute Gasteiger partial charge is 0.377 e. The summed E-state index contributed by atoms with van der Waals surface area (Å²) in [6.45, 7) is 4.03. The zero-order chi connectivity index (χ0) is 13.8. The first-order valence-electron chi connectivity index (χ1n) is 6.01. The van der Waals surface area contributed by atoms with Crippen molar-refractivity contribution in [2.45, 2.75) is 19.8 Å². The molecule has 1 heterocycles. The molecule has 5 heteroatoms. The molecule has 100 valence electrons. The molecule has 1 atom stereocenters. The molecule has 2 aromatic rings. The Morgan fingerprint density at radius 1 is 1.42 bits per heavy atom. The Morgan fingerprint density at radius 3 is 2.74 bits per heavy atom. The van der Waals surface area contributed by atoms with Crippen LogP contribution in [0.3, 0.4) is 0 Å². The molecule has 0 aliphatic heterocycles. The number of halogens is 1. The van der Waals surface area contributed by atoms with Crippen molar-refractivity contribution in [3.63, 3.8) is 0 Å². The minimum Gasteiger partial charge on any atom is -0.460 e. The van der Waals surface area contributed by atoms with Gasteiger partial charge in [-0.2, -0.15) is 0 Å². The lowest BCUT2D eigenvalue weighted by Crippen LogP contribution is -2.02. The van der Waals surface area contributed by atoms with Gasteiger partial charge in [-0.3, -0.25) is 0 Å². The van der Waals surface area contributed by atoms with Crippen LogP contribution in [0.4, 0.5) is 0 Å². The molecule has 19 heavy (non-hydrogen) atoms. The Hall–Kier alpha value is -1.81. The molecule has 0 unspecified atom stereocenters. The van der Waals surface area contributed by atoms with E-state index in [0.29, 0.717) is 17.3 Å². The quantitative estimate of drug-likeness (QED) is 0.802. The Kier molecular flexibility index (Phi) is 4.22. The number of ether oxygens (including phenoxy) is 1. The number of esters is 1. The summed E-state index contributed by atoms with van der Waals surface area (Å²) in [7, 11) is 0. The third-order valence-corrected chi connectivity index (χ3v) is 3.07. The van der Waals surface area contributed by atoms with Crippen molar-refractivity contribution in [1.82, 2.24) is 5.16 Å². The Morgan fingerprint density at radius 2 is 2.11 bits per heavy atom. The van der Waals surface area contributed by atoms with E-state index in [1.54, 1.807) is 13.0 Å². The van der Waals surface area contributed by atoms with E-state index in [1.165, 1.54) is 0 Å². The Labute approximate surface area is 116 Å². The van der Waals surface area contributed by atoms with Gasteiger partial charge in [-0.15, -0.1) is 0 Å². The first-order valence-corrected chi connectivity index (χ1v) is 6.38. The molecule has 0 aliphatic carbocycles. The molecule has 1 aromatic carbocycles. The fourth-order valence-electron chi connectivity index (χ4n) is 1.71. The number of nitrogens with zero attached hydrogens (tertiary/aromatic N) is 1. The Balaban J connectivity index is 2.18. The summed E-state index contributed by atoms with van der Waals surface area (Å²) in [5.74, 6) is -0.355. The van der Waals surface area contributed by atoms with Crippen LogP contribution in [0, 0.1) is 0 Å². The standard InChI is InChI=1S/C14H14ClNO3/c1-3-18-14(17)13-8-12(16-19-13)9(2)10-4-6-11(15)7-5-10/h4-9H,3H2,1-2H3/t9-/m0/s1. The van der Waals surface area contributed by atoms with Crippen LogP contribution in [0.5, 0.6) is 0 Å². The lowest BCUT2D eigenvalue weighted by molar-refractivity contribution is 0.0479. The average Bonchev–Trinajstić information content (AvgIpc) is 2.89. The van der Waals surface area contributed by atoms with Crippen LogP contribution < -0.4 is 0 Å². The molecule has 1 aromatic heterocycles. The first-order chi connectivity index (χ1) is 9.11. The van der Waals surface area contributed by atoms with E-state index < -0.39 is 5.97 Å². The Bertz CT molecular complexity index is 562. The molecule has 0 fully saturated rings. The van der Waals surface area contributed by atoms with Crippen molar-refractivity contribution in [3.8, 4) is 0 Å². The lowest BCUT2D eigenvalue weighted by atomic mass is 9.98. The third-order valence-electron chi connectivity index (χ3n) is 2.82. The molecule has 2 rings (SSSR count).